The summed E-state index contributed by atoms with van der Waals surface area (Å²) in [5, 5.41) is 0.905. The van der Waals surface area contributed by atoms with Gasteiger partial charge in [-0.1, -0.05) is 37.3 Å². The van der Waals surface area contributed by atoms with E-state index in [4.69, 9.17) is 0 Å². The summed E-state index contributed by atoms with van der Waals surface area (Å²) in [6.45, 7) is 2.83. The molecule has 3 aromatic rings. The van der Waals surface area contributed by atoms with E-state index in [-0.39, 0.29) is 5.56 Å². The predicted octanol–water partition coefficient (Wildman–Crippen LogP) is 3.54. The lowest BCUT2D eigenvalue weighted by atomic mass is 10.2. The van der Waals surface area contributed by atoms with Crippen LogP contribution in [0.2, 0.25) is 0 Å². The van der Waals surface area contributed by atoms with E-state index in [1.807, 2.05) is 42.6 Å². The lowest BCUT2D eigenvalue weighted by Crippen LogP contribution is -2.18. The van der Waals surface area contributed by atoms with Crippen LogP contribution in [0.4, 0.5) is 0 Å². The molecule has 0 aliphatic carbocycles. The summed E-state index contributed by atoms with van der Waals surface area (Å²) in [4.78, 5) is 16.8. The number of hydrogen-bond donors (Lipinski definition) is 0. The number of nitrogens with zero attached hydrogens (tertiary/aromatic N) is 2. The zero-order valence-corrected chi connectivity index (χ0v) is 11.5. The highest BCUT2D eigenvalue weighted by Crippen LogP contribution is 2.27. The van der Waals surface area contributed by atoms with E-state index >= 15 is 0 Å². The minimum atomic E-state index is 0.0685. The molecule has 3 nitrogen and oxygen atoms in total. The number of thiazole rings is 1. The quantitative estimate of drug-likeness (QED) is 0.729. The molecule has 2 aromatic heterocycles. The number of hydrogen-bond acceptors (Lipinski definition) is 3. The van der Waals surface area contributed by atoms with Crippen molar-refractivity contribution in [3.05, 3.63) is 52.9 Å². The van der Waals surface area contributed by atoms with Crippen LogP contribution in [0.3, 0.4) is 0 Å². The van der Waals surface area contributed by atoms with Crippen LogP contribution in [0.1, 0.15) is 13.3 Å². The molecular weight excluding hydrogens is 256 g/mol. The summed E-state index contributed by atoms with van der Waals surface area (Å²) < 4.78 is 2.50. The Morgan fingerprint density at radius 1 is 1.21 bits per heavy atom. The van der Waals surface area contributed by atoms with Crippen molar-refractivity contribution < 1.29 is 0 Å². The number of fused-ring (bicyclic) bond motifs is 1. The molecule has 0 fully saturated rings. The van der Waals surface area contributed by atoms with E-state index < -0.39 is 0 Å². The first-order chi connectivity index (χ1) is 9.29. The largest absolute Gasteiger partial charge is 0.314 e. The van der Waals surface area contributed by atoms with Gasteiger partial charge in [-0.2, -0.15) is 0 Å². The Balaban J connectivity index is 2.16. The second kappa shape index (κ2) is 4.97. The van der Waals surface area contributed by atoms with E-state index in [2.05, 4.69) is 11.9 Å². The third kappa shape index (κ3) is 2.19. The van der Waals surface area contributed by atoms with E-state index in [1.165, 1.54) is 11.3 Å². The average molecular weight is 270 g/mol. The predicted molar refractivity (Wildman–Crippen MR) is 79.6 cm³/mol. The van der Waals surface area contributed by atoms with Gasteiger partial charge in [-0.05, 0) is 12.5 Å². The summed E-state index contributed by atoms with van der Waals surface area (Å²) in [6.07, 6.45) is 2.79. The molecule has 2 heterocycles. The number of aromatic nitrogens is 2. The molecule has 0 atom stereocenters. The smallest absolute Gasteiger partial charge is 0.270 e. The minimum Gasteiger partial charge on any atom is -0.314 e. The second-order valence-corrected chi connectivity index (χ2v) is 5.41. The van der Waals surface area contributed by atoms with Gasteiger partial charge in [-0.25, -0.2) is 4.98 Å². The van der Waals surface area contributed by atoms with Crippen molar-refractivity contribution in [2.45, 2.75) is 19.9 Å². The van der Waals surface area contributed by atoms with Gasteiger partial charge in [0.1, 0.15) is 9.71 Å². The summed E-state index contributed by atoms with van der Waals surface area (Å²) in [5.74, 6) is 0. The van der Waals surface area contributed by atoms with Gasteiger partial charge in [0.2, 0.25) is 0 Å². The van der Waals surface area contributed by atoms with Crippen LogP contribution >= 0.6 is 11.3 Å². The molecule has 0 N–H and O–H groups in total. The molecular formula is C15H14N2OS. The number of aryl methyl sites for hydroxylation is 1. The van der Waals surface area contributed by atoms with Gasteiger partial charge < -0.3 is 4.57 Å². The Hall–Kier alpha value is -1.94. The first kappa shape index (κ1) is 12.1. The number of pyridine rings is 1. The highest BCUT2D eigenvalue weighted by Gasteiger charge is 2.10. The van der Waals surface area contributed by atoms with Crippen LogP contribution in [0.25, 0.3) is 20.8 Å². The summed E-state index contributed by atoms with van der Waals surface area (Å²) >= 11 is 1.47. The Bertz CT molecular complexity index is 759. The van der Waals surface area contributed by atoms with E-state index in [1.54, 1.807) is 4.57 Å². The molecule has 3 rings (SSSR count). The maximum atomic E-state index is 12.3. The molecule has 19 heavy (non-hydrogen) atoms. The van der Waals surface area contributed by atoms with Crippen molar-refractivity contribution in [1.29, 1.82) is 0 Å². The summed E-state index contributed by atoms with van der Waals surface area (Å²) in [7, 11) is 0. The maximum absolute atomic E-state index is 12.3. The van der Waals surface area contributed by atoms with E-state index in [0.717, 1.165) is 33.8 Å². The molecule has 0 amide bonds. The monoisotopic (exact) mass is 270 g/mol. The van der Waals surface area contributed by atoms with Crippen molar-refractivity contribution in [3.8, 4) is 10.6 Å². The molecule has 0 saturated carbocycles. The zero-order valence-electron chi connectivity index (χ0n) is 10.7. The fourth-order valence-electron chi connectivity index (χ4n) is 2.08. The Labute approximate surface area is 115 Å². The molecule has 0 aliphatic heterocycles. The van der Waals surface area contributed by atoms with Crippen molar-refractivity contribution >= 4 is 21.6 Å². The zero-order chi connectivity index (χ0) is 13.2. The number of rotatable bonds is 3. The van der Waals surface area contributed by atoms with Crippen LogP contribution in [-0.2, 0) is 6.54 Å². The van der Waals surface area contributed by atoms with Gasteiger partial charge in [0, 0.05) is 18.3 Å². The van der Waals surface area contributed by atoms with E-state index in [0.29, 0.717) is 0 Å². The van der Waals surface area contributed by atoms with Crippen LogP contribution in [-0.4, -0.2) is 9.55 Å². The summed E-state index contributed by atoms with van der Waals surface area (Å²) in [6, 6.07) is 11.9. The molecule has 0 radical (unpaired) electrons. The lowest BCUT2D eigenvalue weighted by molar-refractivity contribution is 0.660. The Morgan fingerprint density at radius 3 is 2.74 bits per heavy atom. The topological polar surface area (TPSA) is 34.9 Å². The first-order valence-electron chi connectivity index (χ1n) is 6.35. The molecule has 0 bridgehead atoms. The fraction of sp³-hybridized carbons (Fsp3) is 0.200. The average Bonchev–Trinajstić information content (AvgIpc) is 2.88. The Kier molecular flexibility index (Phi) is 3.17. The standard InChI is InChI=1S/C15H14N2OS/c1-2-9-17-10-8-12-13(15(17)18)19-14(16-12)11-6-4-3-5-7-11/h3-8,10H,2,9H2,1H3. The van der Waals surface area contributed by atoms with Crippen molar-refractivity contribution in [3.63, 3.8) is 0 Å². The second-order valence-electron chi connectivity index (χ2n) is 4.41. The van der Waals surface area contributed by atoms with Crippen LogP contribution in [0.15, 0.2) is 47.4 Å². The lowest BCUT2D eigenvalue weighted by Gasteiger charge is -2.01. The molecule has 4 heteroatoms. The van der Waals surface area contributed by atoms with Gasteiger partial charge >= 0.3 is 0 Å². The Morgan fingerprint density at radius 2 is 2.00 bits per heavy atom. The molecule has 1 aromatic carbocycles. The van der Waals surface area contributed by atoms with Crippen molar-refractivity contribution in [2.24, 2.45) is 0 Å². The molecule has 0 saturated heterocycles. The van der Waals surface area contributed by atoms with Crippen LogP contribution < -0.4 is 5.56 Å². The molecule has 0 unspecified atom stereocenters. The van der Waals surface area contributed by atoms with E-state index in [9.17, 15) is 4.79 Å². The van der Waals surface area contributed by atoms with Gasteiger partial charge in [0.05, 0.1) is 5.52 Å². The highest BCUT2D eigenvalue weighted by atomic mass is 32.1. The van der Waals surface area contributed by atoms with Crippen LogP contribution in [0, 0.1) is 0 Å². The normalized spacial score (nSPS) is 11.0. The SMILES string of the molecule is CCCn1ccc2nc(-c3ccccc3)sc2c1=O. The van der Waals surface area contributed by atoms with Gasteiger partial charge in [-0.15, -0.1) is 11.3 Å². The minimum absolute atomic E-state index is 0.0685. The van der Waals surface area contributed by atoms with Crippen molar-refractivity contribution in [1.82, 2.24) is 9.55 Å². The maximum Gasteiger partial charge on any atom is 0.270 e. The molecule has 0 aliphatic rings. The third-order valence-electron chi connectivity index (χ3n) is 3.01. The third-order valence-corrected chi connectivity index (χ3v) is 4.11. The highest BCUT2D eigenvalue weighted by molar-refractivity contribution is 7.21. The molecule has 96 valence electrons. The first-order valence-corrected chi connectivity index (χ1v) is 7.16. The fourth-order valence-corrected chi connectivity index (χ4v) is 3.09. The molecule has 0 spiro atoms. The van der Waals surface area contributed by atoms with Gasteiger partial charge in [-0.3, -0.25) is 4.79 Å². The van der Waals surface area contributed by atoms with Crippen LogP contribution in [0.5, 0.6) is 0 Å². The van der Waals surface area contributed by atoms with Gasteiger partial charge in [0.25, 0.3) is 5.56 Å². The summed E-state index contributed by atoms with van der Waals surface area (Å²) in [5.41, 5.74) is 1.92. The van der Waals surface area contributed by atoms with Gasteiger partial charge in [0.15, 0.2) is 0 Å². The van der Waals surface area contributed by atoms with Crippen molar-refractivity contribution in [2.75, 3.05) is 0 Å². The number of benzene rings is 1.